The molecular weight excluding hydrogens is 302 g/mol. The average Bonchev–Trinajstić information content (AvgIpc) is 2.81. The van der Waals surface area contributed by atoms with Gasteiger partial charge in [0.15, 0.2) is 0 Å². The number of nitro groups is 1. The minimum Gasteiger partial charge on any atom is -0.472 e. The number of ether oxygens (including phenoxy) is 1. The maximum Gasteiger partial charge on any atom is 0.269 e. The Morgan fingerprint density at radius 1 is 1.32 bits per heavy atom. The van der Waals surface area contributed by atoms with Gasteiger partial charge in [-0.3, -0.25) is 10.1 Å². The van der Waals surface area contributed by atoms with Crippen molar-refractivity contribution in [2.45, 2.75) is 20.5 Å². The van der Waals surface area contributed by atoms with Crippen LogP contribution in [0.2, 0.25) is 0 Å². The van der Waals surface area contributed by atoms with Crippen LogP contribution in [0.15, 0.2) is 30.6 Å². The van der Waals surface area contributed by atoms with Gasteiger partial charge in [-0.25, -0.2) is 9.97 Å². The maximum absolute atomic E-state index is 10.8. The molecule has 0 saturated carbocycles. The Balaban J connectivity index is 1.88. The number of benzene rings is 1. The molecule has 3 rings (SSSR count). The van der Waals surface area contributed by atoms with Gasteiger partial charge < -0.3 is 4.74 Å². The van der Waals surface area contributed by atoms with E-state index >= 15 is 0 Å². The van der Waals surface area contributed by atoms with E-state index in [2.05, 4.69) is 9.97 Å². The summed E-state index contributed by atoms with van der Waals surface area (Å²) in [5.74, 6) is 0.512. The lowest BCUT2D eigenvalue weighted by atomic mass is 10.2. The third kappa shape index (κ3) is 2.62. The summed E-state index contributed by atoms with van der Waals surface area (Å²) in [6, 6.07) is 6.40. The molecule has 3 aromatic rings. The number of non-ortho nitro benzene ring substituents is 1. The van der Waals surface area contributed by atoms with E-state index in [1.165, 1.54) is 23.3 Å². The van der Waals surface area contributed by atoms with Crippen LogP contribution < -0.4 is 4.74 Å². The van der Waals surface area contributed by atoms with Crippen molar-refractivity contribution in [1.82, 2.24) is 9.97 Å². The number of fused-ring (bicyclic) bond motifs is 1. The SMILES string of the molecule is Cc1sc2ncnc(OCc3cccc([N+](=O)[O-])c3)c2c1C. The van der Waals surface area contributed by atoms with Gasteiger partial charge in [-0.1, -0.05) is 12.1 Å². The van der Waals surface area contributed by atoms with Gasteiger partial charge in [0, 0.05) is 17.0 Å². The van der Waals surface area contributed by atoms with E-state index in [0.29, 0.717) is 5.88 Å². The van der Waals surface area contributed by atoms with Gasteiger partial charge >= 0.3 is 0 Å². The molecule has 2 aromatic heterocycles. The van der Waals surface area contributed by atoms with Crippen LogP contribution >= 0.6 is 11.3 Å². The molecule has 7 heteroatoms. The van der Waals surface area contributed by atoms with E-state index in [4.69, 9.17) is 4.74 Å². The van der Waals surface area contributed by atoms with Crippen molar-refractivity contribution in [1.29, 1.82) is 0 Å². The quantitative estimate of drug-likeness (QED) is 0.540. The fourth-order valence-electron chi connectivity index (χ4n) is 2.17. The molecule has 6 nitrogen and oxygen atoms in total. The van der Waals surface area contributed by atoms with Gasteiger partial charge in [0.05, 0.1) is 10.3 Å². The predicted octanol–water partition coefficient (Wildman–Crippen LogP) is 3.80. The van der Waals surface area contributed by atoms with Gasteiger partial charge in [-0.05, 0) is 25.0 Å². The van der Waals surface area contributed by atoms with E-state index in [-0.39, 0.29) is 12.3 Å². The second-order valence-electron chi connectivity index (χ2n) is 4.86. The Bertz CT molecular complexity index is 860. The molecule has 0 saturated heterocycles. The zero-order valence-electron chi connectivity index (χ0n) is 12.1. The first-order valence-electron chi connectivity index (χ1n) is 6.63. The molecule has 0 N–H and O–H groups in total. The third-order valence-corrected chi connectivity index (χ3v) is 4.54. The number of nitro benzene ring substituents is 1. The van der Waals surface area contributed by atoms with Crippen molar-refractivity contribution >= 4 is 27.2 Å². The van der Waals surface area contributed by atoms with Gasteiger partial charge in [-0.2, -0.15) is 0 Å². The van der Waals surface area contributed by atoms with Crippen LogP contribution in [-0.2, 0) is 6.61 Å². The van der Waals surface area contributed by atoms with E-state index in [1.807, 2.05) is 13.8 Å². The first-order chi connectivity index (χ1) is 10.6. The lowest BCUT2D eigenvalue weighted by molar-refractivity contribution is -0.384. The first-order valence-corrected chi connectivity index (χ1v) is 7.44. The molecule has 0 unspecified atom stereocenters. The van der Waals surface area contributed by atoms with Crippen molar-refractivity contribution in [3.8, 4) is 5.88 Å². The monoisotopic (exact) mass is 315 g/mol. The van der Waals surface area contributed by atoms with Crippen molar-refractivity contribution in [3.05, 3.63) is 56.7 Å². The predicted molar refractivity (Wildman–Crippen MR) is 84.3 cm³/mol. The molecule has 0 radical (unpaired) electrons. The highest BCUT2D eigenvalue weighted by Crippen LogP contribution is 2.33. The first kappa shape index (κ1) is 14.4. The lowest BCUT2D eigenvalue weighted by Gasteiger charge is -2.07. The van der Waals surface area contributed by atoms with E-state index in [9.17, 15) is 10.1 Å². The molecule has 112 valence electrons. The molecule has 0 aliphatic carbocycles. The summed E-state index contributed by atoms with van der Waals surface area (Å²) in [6.07, 6.45) is 1.47. The van der Waals surface area contributed by atoms with Gasteiger partial charge in [-0.15, -0.1) is 11.3 Å². The Kier molecular flexibility index (Phi) is 3.72. The number of thiophene rings is 1. The van der Waals surface area contributed by atoms with E-state index in [0.717, 1.165) is 21.3 Å². The van der Waals surface area contributed by atoms with Crippen LogP contribution in [0.4, 0.5) is 5.69 Å². The summed E-state index contributed by atoms with van der Waals surface area (Å²) < 4.78 is 5.77. The molecular formula is C15H13N3O3S. The number of hydrogen-bond acceptors (Lipinski definition) is 6. The number of hydrogen-bond donors (Lipinski definition) is 0. The average molecular weight is 315 g/mol. The van der Waals surface area contributed by atoms with Crippen molar-refractivity contribution < 1.29 is 9.66 Å². The van der Waals surface area contributed by atoms with Crippen LogP contribution in [0.1, 0.15) is 16.0 Å². The molecule has 0 bridgehead atoms. The second-order valence-corrected chi connectivity index (χ2v) is 6.06. The molecule has 0 spiro atoms. The summed E-state index contributed by atoms with van der Waals surface area (Å²) in [5, 5.41) is 11.7. The highest BCUT2D eigenvalue weighted by atomic mass is 32.1. The van der Waals surface area contributed by atoms with Crippen molar-refractivity contribution in [3.63, 3.8) is 0 Å². The van der Waals surface area contributed by atoms with Crippen molar-refractivity contribution in [2.75, 3.05) is 0 Å². The molecule has 0 atom stereocenters. The smallest absolute Gasteiger partial charge is 0.269 e. The Labute approximate surface area is 130 Å². The Morgan fingerprint density at radius 2 is 2.14 bits per heavy atom. The van der Waals surface area contributed by atoms with Crippen LogP contribution in [0.3, 0.4) is 0 Å². The summed E-state index contributed by atoms with van der Waals surface area (Å²) >= 11 is 1.60. The molecule has 0 aliphatic heterocycles. The fourth-order valence-corrected chi connectivity index (χ4v) is 3.16. The zero-order valence-corrected chi connectivity index (χ0v) is 12.9. The lowest BCUT2D eigenvalue weighted by Crippen LogP contribution is -1.99. The number of nitrogens with zero attached hydrogens (tertiary/aromatic N) is 3. The number of rotatable bonds is 4. The highest BCUT2D eigenvalue weighted by Gasteiger charge is 2.13. The van der Waals surface area contributed by atoms with E-state index < -0.39 is 4.92 Å². The molecule has 0 amide bonds. The van der Waals surface area contributed by atoms with Gasteiger partial charge in [0.2, 0.25) is 5.88 Å². The number of aryl methyl sites for hydroxylation is 2. The topological polar surface area (TPSA) is 78.2 Å². The standard InChI is InChI=1S/C15H13N3O3S/c1-9-10(2)22-15-13(9)14(16-8-17-15)21-7-11-4-3-5-12(6-11)18(19)20/h3-6,8H,7H2,1-2H3. The normalized spacial score (nSPS) is 10.8. The molecule has 1 aromatic carbocycles. The van der Waals surface area contributed by atoms with Crippen LogP contribution in [0, 0.1) is 24.0 Å². The van der Waals surface area contributed by atoms with E-state index in [1.54, 1.807) is 23.5 Å². The Hall–Kier alpha value is -2.54. The molecule has 2 heterocycles. The highest BCUT2D eigenvalue weighted by molar-refractivity contribution is 7.18. The third-order valence-electron chi connectivity index (χ3n) is 3.43. The summed E-state index contributed by atoms with van der Waals surface area (Å²) in [4.78, 5) is 20.9. The van der Waals surface area contributed by atoms with Crippen LogP contribution in [0.5, 0.6) is 5.88 Å². The largest absolute Gasteiger partial charge is 0.472 e. The van der Waals surface area contributed by atoms with Crippen LogP contribution in [0.25, 0.3) is 10.2 Å². The minimum atomic E-state index is -0.418. The summed E-state index contributed by atoms with van der Waals surface area (Å²) in [5.41, 5.74) is 1.89. The Morgan fingerprint density at radius 3 is 2.91 bits per heavy atom. The fraction of sp³-hybridized carbons (Fsp3) is 0.200. The zero-order chi connectivity index (χ0) is 15.7. The van der Waals surface area contributed by atoms with Gasteiger partial charge in [0.25, 0.3) is 5.69 Å². The summed E-state index contributed by atoms with van der Waals surface area (Å²) in [7, 11) is 0. The van der Waals surface area contributed by atoms with Gasteiger partial charge in [0.1, 0.15) is 17.8 Å². The molecule has 0 aliphatic rings. The second kappa shape index (κ2) is 5.69. The van der Waals surface area contributed by atoms with Crippen LogP contribution in [-0.4, -0.2) is 14.9 Å². The minimum absolute atomic E-state index is 0.0523. The number of aromatic nitrogens is 2. The maximum atomic E-state index is 10.8. The molecule has 0 fully saturated rings. The summed E-state index contributed by atoms with van der Waals surface area (Å²) in [6.45, 7) is 4.27. The van der Waals surface area contributed by atoms with Crippen molar-refractivity contribution in [2.24, 2.45) is 0 Å². The molecule has 22 heavy (non-hydrogen) atoms.